The van der Waals surface area contributed by atoms with Crippen molar-refractivity contribution >= 4 is 34.4 Å². The highest BCUT2D eigenvalue weighted by molar-refractivity contribution is 7.99. The van der Waals surface area contributed by atoms with Gasteiger partial charge < -0.3 is 10.1 Å². The molecular formula is C26H27N3O2S. The third-order valence-electron chi connectivity index (χ3n) is 5.57. The monoisotopic (exact) mass is 445 g/mol. The minimum absolute atomic E-state index is 0.0559. The molecule has 5 nitrogen and oxygen atoms in total. The van der Waals surface area contributed by atoms with Crippen molar-refractivity contribution in [3.05, 3.63) is 78.4 Å². The molecule has 3 aromatic carbocycles. The molecule has 4 aromatic rings. The Bertz CT molecular complexity index is 1200. The predicted octanol–water partition coefficient (Wildman–Crippen LogP) is 6.28. The number of anilines is 1. The molecule has 0 fully saturated rings. The van der Waals surface area contributed by atoms with Crippen LogP contribution in [0.2, 0.25) is 0 Å². The second kappa shape index (κ2) is 9.92. The number of fused-ring (bicyclic) bond motifs is 1. The first-order chi connectivity index (χ1) is 15.6. The normalized spacial score (nSPS) is 12.0. The molecule has 32 heavy (non-hydrogen) atoms. The molecule has 0 radical (unpaired) electrons. The molecule has 0 aliphatic carbocycles. The molecule has 164 valence electrons. The summed E-state index contributed by atoms with van der Waals surface area (Å²) >= 11 is 1.43. The van der Waals surface area contributed by atoms with Crippen LogP contribution in [0.15, 0.2) is 78.0 Å². The minimum atomic E-state index is -0.0559. The first kappa shape index (κ1) is 22.0. The molecule has 0 aliphatic heterocycles. The number of nitrogens with one attached hydrogen (secondary N) is 1. The van der Waals surface area contributed by atoms with Crippen molar-refractivity contribution in [2.45, 2.75) is 31.3 Å². The number of rotatable bonds is 8. The fraction of sp³-hybridized carbons (Fsp3) is 0.231. The Balaban J connectivity index is 1.51. The Morgan fingerprint density at radius 2 is 1.78 bits per heavy atom. The molecular weight excluding hydrogens is 418 g/mol. The molecule has 6 heteroatoms. The van der Waals surface area contributed by atoms with Crippen molar-refractivity contribution in [3.8, 4) is 11.4 Å². The molecule has 1 amide bonds. The average molecular weight is 446 g/mol. The number of imidazole rings is 1. The van der Waals surface area contributed by atoms with Crippen LogP contribution < -0.4 is 10.1 Å². The van der Waals surface area contributed by atoms with E-state index in [4.69, 9.17) is 9.72 Å². The van der Waals surface area contributed by atoms with Crippen LogP contribution in [0.5, 0.6) is 5.75 Å². The number of carbonyl (C=O) groups is 1. The van der Waals surface area contributed by atoms with Gasteiger partial charge in [-0.3, -0.25) is 9.36 Å². The summed E-state index contributed by atoms with van der Waals surface area (Å²) in [5.41, 5.74) is 4.97. The van der Waals surface area contributed by atoms with Gasteiger partial charge in [-0.1, -0.05) is 49.9 Å². The topological polar surface area (TPSA) is 56.2 Å². The van der Waals surface area contributed by atoms with E-state index < -0.39 is 0 Å². The van der Waals surface area contributed by atoms with Gasteiger partial charge in [-0.2, -0.15) is 0 Å². The van der Waals surface area contributed by atoms with Crippen LogP contribution in [-0.4, -0.2) is 28.3 Å². The quantitative estimate of drug-likeness (QED) is 0.324. The van der Waals surface area contributed by atoms with Gasteiger partial charge >= 0.3 is 0 Å². The summed E-state index contributed by atoms with van der Waals surface area (Å²) < 4.78 is 7.36. The van der Waals surface area contributed by atoms with Gasteiger partial charge in [-0.15, -0.1) is 0 Å². The van der Waals surface area contributed by atoms with Crippen LogP contribution in [-0.2, 0) is 4.79 Å². The van der Waals surface area contributed by atoms with E-state index in [0.29, 0.717) is 5.92 Å². The maximum Gasteiger partial charge on any atom is 0.234 e. The van der Waals surface area contributed by atoms with Crippen molar-refractivity contribution in [1.82, 2.24) is 9.55 Å². The fourth-order valence-electron chi connectivity index (χ4n) is 3.54. The number of ether oxygens (including phenoxy) is 1. The number of para-hydroxylation sites is 2. The van der Waals surface area contributed by atoms with Crippen molar-refractivity contribution in [3.63, 3.8) is 0 Å². The minimum Gasteiger partial charge on any atom is -0.497 e. The smallest absolute Gasteiger partial charge is 0.234 e. The highest BCUT2D eigenvalue weighted by Gasteiger charge is 2.15. The number of benzene rings is 3. The molecule has 0 saturated carbocycles. The molecule has 4 rings (SSSR count). The summed E-state index contributed by atoms with van der Waals surface area (Å²) in [6, 6.07) is 23.9. The van der Waals surface area contributed by atoms with E-state index in [9.17, 15) is 4.79 Å². The highest BCUT2D eigenvalue weighted by atomic mass is 32.2. The van der Waals surface area contributed by atoms with E-state index in [2.05, 4.69) is 35.9 Å². The van der Waals surface area contributed by atoms with Crippen LogP contribution in [0.25, 0.3) is 16.7 Å². The van der Waals surface area contributed by atoms with Crippen LogP contribution in [0.4, 0.5) is 5.69 Å². The maximum atomic E-state index is 12.6. The molecule has 0 aliphatic rings. The lowest BCUT2D eigenvalue weighted by molar-refractivity contribution is -0.113. The third-order valence-corrected chi connectivity index (χ3v) is 6.51. The van der Waals surface area contributed by atoms with Gasteiger partial charge in [-0.25, -0.2) is 4.98 Å². The summed E-state index contributed by atoms with van der Waals surface area (Å²) in [5.74, 6) is 1.53. The Labute approximate surface area is 192 Å². The Morgan fingerprint density at radius 1 is 1.06 bits per heavy atom. The van der Waals surface area contributed by atoms with E-state index in [1.165, 1.54) is 17.3 Å². The van der Waals surface area contributed by atoms with E-state index in [1.54, 1.807) is 7.11 Å². The fourth-order valence-corrected chi connectivity index (χ4v) is 4.37. The summed E-state index contributed by atoms with van der Waals surface area (Å²) in [7, 11) is 1.65. The van der Waals surface area contributed by atoms with Gasteiger partial charge in [0.25, 0.3) is 0 Å². The van der Waals surface area contributed by atoms with Crippen LogP contribution >= 0.6 is 11.8 Å². The molecule has 1 atom stereocenters. The number of hydrogen-bond acceptors (Lipinski definition) is 4. The summed E-state index contributed by atoms with van der Waals surface area (Å²) in [5, 5.41) is 3.77. The highest BCUT2D eigenvalue weighted by Crippen LogP contribution is 2.29. The number of hydrogen-bond donors (Lipinski definition) is 1. The van der Waals surface area contributed by atoms with E-state index in [-0.39, 0.29) is 11.7 Å². The van der Waals surface area contributed by atoms with Gasteiger partial charge in [0.05, 0.1) is 23.9 Å². The number of nitrogens with zero attached hydrogens (tertiary/aromatic N) is 2. The zero-order valence-corrected chi connectivity index (χ0v) is 19.4. The van der Waals surface area contributed by atoms with Crippen LogP contribution in [0.3, 0.4) is 0 Å². The zero-order valence-electron chi connectivity index (χ0n) is 18.5. The van der Waals surface area contributed by atoms with Crippen LogP contribution in [0.1, 0.15) is 31.7 Å². The number of methoxy groups -OCH3 is 1. The molecule has 1 aromatic heterocycles. The van der Waals surface area contributed by atoms with Gasteiger partial charge in [0.15, 0.2) is 5.16 Å². The SMILES string of the molecule is CC[C@@H](C)c1ccc(NC(=O)CSc2nc3ccccc3n2-c2ccc(OC)cc2)cc1. The number of carbonyl (C=O) groups excluding carboxylic acids is 1. The summed E-state index contributed by atoms with van der Waals surface area (Å²) in [6.07, 6.45) is 1.09. The predicted molar refractivity (Wildman–Crippen MR) is 132 cm³/mol. The van der Waals surface area contributed by atoms with Gasteiger partial charge in [-0.05, 0) is 66.4 Å². The standard InChI is InChI=1S/C26H27N3O2S/c1-4-18(2)19-9-11-20(12-10-19)27-25(30)17-32-26-28-23-7-5-6-8-24(23)29(26)21-13-15-22(31-3)16-14-21/h5-16,18H,4,17H2,1-3H3,(H,27,30)/t18-/m1/s1. The second-order valence-corrected chi connectivity index (χ2v) is 8.63. The molecule has 1 heterocycles. The summed E-state index contributed by atoms with van der Waals surface area (Å²) in [4.78, 5) is 17.4. The first-order valence-corrected chi connectivity index (χ1v) is 11.7. The van der Waals surface area contributed by atoms with E-state index >= 15 is 0 Å². The Morgan fingerprint density at radius 3 is 2.47 bits per heavy atom. The van der Waals surface area contributed by atoms with Crippen molar-refractivity contribution < 1.29 is 9.53 Å². The summed E-state index contributed by atoms with van der Waals surface area (Å²) in [6.45, 7) is 4.38. The third kappa shape index (κ3) is 4.81. The Hall–Kier alpha value is -3.25. The molecule has 1 N–H and O–H groups in total. The van der Waals surface area contributed by atoms with E-state index in [1.807, 2.05) is 60.7 Å². The average Bonchev–Trinajstić information content (AvgIpc) is 3.21. The zero-order chi connectivity index (χ0) is 22.5. The lowest BCUT2D eigenvalue weighted by atomic mass is 9.99. The van der Waals surface area contributed by atoms with Crippen molar-refractivity contribution in [1.29, 1.82) is 0 Å². The maximum absolute atomic E-state index is 12.6. The largest absolute Gasteiger partial charge is 0.497 e. The number of thioether (sulfide) groups is 1. The van der Waals surface area contributed by atoms with Crippen molar-refractivity contribution in [2.24, 2.45) is 0 Å². The number of aromatic nitrogens is 2. The lowest BCUT2D eigenvalue weighted by Crippen LogP contribution is -2.14. The van der Waals surface area contributed by atoms with E-state index in [0.717, 1.165) is 39.7 Å². The Kier molecular flexibility index (Phi) is 6.81. The molecule has 0 unspecified atom stereocenters. The first-order valence-electron chi connectivity index (χ1n) is 10.7. The lowest BCUT2D eigenvalue weighted by Gasteiger charge is -2.11. The van der Waals surface area contributed by atoms with Gasteiger partial charge in [0.2, 0.25) is 5.91 Å². The van der Waals surface area contributed by atoms with Crippen LogP contribution in [0, 0.1) is 0 Å². The molecule has 0 spiro atoms. The second-order valence-electron chi connectivity index (χ2n) is 7.68. The van der Waals surface area contributed by atoms with Gasteiger partial charge in [0, 0.05) is 11.4 Å². The molecule has 0 saturated heterocycles. The molecule has 0 bridgehead atoms. The van der Waals surface area contributed by atoms with Crippen molar-refractivity contribution in [2.75, 3.05) is 18.2 Å². The number of amides is 1. The van der Waals surface area contributed by atoms with Gasteiger partial charge in [0.1, 0.15) is 5.75 Å².